The minimum absolute atomic E-state index is 0.105. The molecule has 0 atom stereocenters. The third-order valence-corrected chi connectivity index (χ3v) is 4.03. The van der Waals surface area contributed by atoms with Crippen LogP contribution in [0.3, 0.4) is 0 Å². The lowest BCUT2D eigenvalue weighted by Crippen LogP contribution is -2.44. The number of rotatable bonds is 3. The first-order valence-electron chi connectivity index (χ1n) is 7.09. The Bertz CT molecular complexity index is 446. The van der Waals surface area contributed by atoms with Gasteiger partial charge >= 0.3 is 0 Å². The normalized spacial score (nSPS) is 23.4. The summed E-state index contributed by atoms with van der Waals surface area (Å²) in [6.45, 7) is 4.67. The van der Waals surface area contributed by atoms with Gasteiger partial charge < -0.3 is 10.6 Å². The van der Waals surface area contributed by atoms with Crippen molar-refractivity contribution in [1.82, 2.24) is 14.7 Å². The Balaban J connectivity index is 2.13. The minimum atomic E-state index is 0.105. The average Bonchev–Trinajstić information content (AvgIpc) is 2.71. The molecule has 0 spiro atoms. The van der Waals surface area contributed by atoms with Gasteiger partial charge in [-0.2, -0.15) is 5.10 Å². The SMILES string of the molecule is CCN(C(=O)c1cn(C)nc1C)C1CCC(N)CC1. The predicted molar refractivity (Wildman–Crippen MR) is 74.9 cm³/mol. The largest absolute Gasteiger partial charge is 0.336 e. The summed E-state index contributed by atoms with van der Waals surface area (Å²) < 4.78 is 1.70. The van der Waals surface area contributed by atoms with Gasteiger partial charge in [-0.15, -0.1) is 0 Å². The molecule has 1 aliphatic carbocycles. The smallest absolute Gasteiger partial charge is 0.257 e. The molecule has 0 aromatic carbocycles. The zero-order valence-corrected chi connectivity index (χ0v) is 12.1. The van der Waals surface area contributed by atoms with Gasteiger partial charge in [0.25, 0.3) is 5.91 Å². The Morgan fingerprint density at radius 1 is 1.47 bits per heavy atom. The van der Waals surface area contributed by atoms with E-state index in [-0.39, 0.29) is 5.91 Å². The zero-order valence-electron chi connectivity index (χ0n) is 12.1. The Labute approximate surface area is 114 Å². The standard InChI is InChI=1S/C14H24N4O/c1-4-18(12-7-5-11(15)6-8-12)14(19)13-9-17(3)16-10(13)2/h9,11-12H,4-8,15H2,1-3H3. The van der Waals surface area contributed by atoms with Crippen LogP contribution in [0.5, 0.6) is 0 Å². The van der Waals surface area contributed by atoms with Gasteiger partial charge in [0.05, 0.1) is 11.3 Å². The molecule has 106 valence electrons. The van der Waals surface area contributed by atoms with Crippen LogP contribution in [-0.2, 0) is 7.05 Å². The molecule has 5 heteroatoms. The van der Waals surface area contributed by atoms with E-state index in [9.17, 15) is 4.79 Å². The lowest BCUT2D eigenvalue weighted by Gasteiger charge is -2.35. The van der Waals surface area contributed by atoms with E-state index in [1.165, 1.54) is 0 Å². The number of carbonyl (C=O) groups excluding carboxylic acids is 1. The number of nitrogens with zero attached hydrogens (tertiary/aromatic N) is 3. The molecule has 1 heterocycles. The Kier molecular flexibility index (Phi) is 4.24. The van der Waals surface area contributed by atoms with E-state index < -0.39 is 0 Å². The maximum absolute atomic E-state index is 12.6. The van der Waals surface area contributed by atoms with Crippen molar-refractivity contribution in [3.63, 3.8) is 0 Å². The second-order valence-electron chi connectivity index (χ2n) is 5.46. The first kappa shape index (κ1) is 14.1. The molecule has 2 N–H and O–H groups in total. The topological polar surface area (TPSA) is 64.2 Å². The highest BCUT2D eigenvalue weighted by Crippen LogP contribution is 2.24. The second-order valence-corrected chi connectivity index (χ2v) is 5.46. The van der Waals surface area contributed by atoms with Crippen molar-refractivity contribution in [2.75, 3.05) is 6.54 Å². The molecular formula is C14H24N4O. The maximum Gasteiger partial charge on any atom is 0.257 e. The van der Waals surface area contributed by atoms with E-state index >= 15 is 0 Å². The zero-order chi connectivity index (χ0) is 14.0. The molecular weight excluding hydrogens is 240 g/mol. The molecule has 5 nitrogen and oxygen atoms in total. The third-order valence-electron chi connectivity index (χ3n) is 4.03. The van der Waals surface area contributed by atoms with Gasteiger partial charge in [0.15, 0.2) is 0 Å². The van der Waals surface area contributed by atoms with Crippen LogP contribution < -0.4 is 5.73 Å². The number of nitrogens with two attached hydrogens (primary N) is 1. The average molecular weight is 264 g/mol. The van der Waals surface area contributed by atoms with Gasteiger partial charge in [-0.25, -0.2) is 0 Å². The molecule has 0 aliphatic heterocycles. The lowest BCUT2D eigenvalue weighted by molar-refractivity contribution is 0.0640. The van der Waals surface area contributed by atoms with E-state index in [1.807, 2.05) is 32.0 Å². The molecule has 0 unspecified atom stereocenters. The molecule has 1 aromatic heterocycles. The summed E-state index contributed by atoms with van der Waals surface area (Å²) in [6.07, 6.45) is 5.87. The van der Waals surface area contributed by atoms with Crippen LogP contribution in [0, 0.1) is 6.92 Å². The van der Waals surface area contributed by atoms with Crippen molar-refractivity contribution in [3.8, 4) is 0 Å². The Hall–Kier alpha value is -1.36. The minimum Gasteiger partial charge on any atom is -0.336 e. The molecule has 19 heavy (non-hydrogen) atoms. The fourth-order valence-corrected chi connectivity index (χ4v) is 2.95. The van der Waals surface area contributed by atoms with Crippen LogP contribution in [0.15, 0.2) is 6.20 Å². The van der Waals surface area contributed by atoms with Gasteiger partial charge in [-0.1, -0.05) is 0 Å². The lowest BCUT2D eigenvalue weighted by atomic mass is 9.90. The van der Waals surface area contributed by atoms with Crippen molar-refractivity contribution >= 4 is 5.91 Å². The van der Waals surface area contributed by atoms with Gasteiger partial charge in [-0.3, -0.25) is 9.48 Å². The van der Waals surface area contributed by atoms with Crippen molar-refractivity contribution in [3.05, 3.63) is 17.5 Å². The summed E-state index contributed by atoms with van der Waals surface area (Å²) in [6, 6.07) is 0.641. The fraction of sp³-hybridized carbons (Fsp3) is 0.714. The van der Waals surface area contributed by atoms with Crippen LogP contribution in [-0.4, -0.2) is 39.2 Å². The molecule has 2 rings (SSSR count). The Morgan fingerprint density at radius 2 is 2.11 bits per heavy atom. The first-order chi connectivity index (χ1) is 9.02. The van der Waals surface area contributed by atoms with Gasteiger partial charge in [0.1, 0.15) is 0 Å². The van der Waals surface area contributed by atoms with E-state index in [4.69, 9.17) is 5.73 Å². The van der Waals surface area contributed by atoms with Crippen LogP contribution in [0.25, 0.3) is 0 Å². The van der Waals surface area contributed by atoms with E-state index in [0.29, 0.717) is 12.1 Å². The number of amides is 1. The second kappa shape index (κ2) is 5.74. The molecule has 0 saturated heterocycles. The highest BCUT2D eigenvalue weighted by atomic mass is 16.2. The summed E-state index contributed by atoms with van der Waals surface area (Å²) >= 11 is 0. The molecule has 1 saturated carbocycles. The van der Waals surface area contributed by atoms with Crippen LogP contribution in [0.1, 0.15) is 48.7 Å². The molecule has 0 bridgehead atoms. The van der Waals surface area contributed by atoms with Crippen molar-refractivity contribution in [2.24, 2.45) is 12.8 Å². The fourth-order valence-electron chi connectivity index (χ4n) is 2.95. The summed E-state index contributed by atoms with van der Waals surface area (Å²) in [5.74, 6) is 0.105. The third kappa shape index (κ3) is 2.97. The van der Waals surface area contributed by atoms with E-state index in [2.05, 4.69) is 5.10 Å². The number of aromatic nitrogens is 2. The molecule has 1 aromatic rings. The van der Waals surface area contributed by atoms with Crippen molar-refractivity contribution < 1.29 is 4.79 Å². The van der Waals surface area contributed by atoms with Gasteiger partial charge in [-0.05, 0) is 39.5 Å². The Morgan fingerprint density at radius 3 is 2.58 bits per heavy atom. The number of hydrogen-bond acceptors (Lipinski definition) is 3. The summed E-state index contributed by atoms with van der Waals surface area (Å²) in [5.41, 5.74) is 7.46. The van der Waals surface area contributed by atoms with E-state index in [0.717, 1.165) is 43.5 Å². The van der Waals surface area contributed by atoms with Crippen molar-refractivity contribution in [2.45, 2.75) is 51.6 Å². The quantitative estimate of drug-likeness (QED) is 0.899. The van der Waals surface area contributed by atoms with Crippen LogP contribution in [0.2, 0.25) is 0 Å². The number of carbonyl (C=O) groups is 1. The summed E-state index contributed by atoms with van der Waals surface area (Å²) in [7, 11) is 1.85. The number of aryl methyl sites for hydroxylation is 2. The molecule has 1 fully saturated rings. The monoisotopic (exact) mass is 264 g/mol. The van der Waals surface area contributed by atoms with Crippen molar-refractivity contribution in [1.29, 1.82) is 0 Å². The van der Waals surface area contributed by atoms with Gasteiger partial charge in [0.2, 0.25) is 0 Å². The molecule has 1 amide bonds. The first-order valence-corrected chi connectivity index (χ1v) is 7.09. The number of hydrogen-bond donors (Lipinski definition) is 1. The summed E-state index contributed by atoms with van der Waals surface area (Å²) in [5, 5.41) is 4.26. The highest BCUT2D eigenvalue weighted by Gasteiger charge is 2.28. The van der Waals surface area contributed by atoms with Crippen LogP contribution in [0.4, 0.5) is 0 Å². The predicted octanol–water partition coefficient (Wildman–Crippen LogP) is 1.46. The highest BCUT2D eigenvalue weighted by molar-refractivity contribution is 5.95. The maximum atomic E-state index is 12.6. The molecule has 0 radical (unpaired) electrons. The van der Waals surface area contributed by atoms with Crippen LogP contribution >= 0.6 is 0 Å². The van der Waals surface area contributed by atoms with Gasteiger partial charge in [0, 0.05) is 31.9 Å². The van der Waals surface area contributed by atoms with E-state index in [1.54, 1.807) is 4.68 Å². The summed E-state index contributed by atoms with van der Waals surface area (Å²) in [4.78, 5) is 14.6. The molecule has 1 aliphatic rings.